The molecule has 2 unspecified atom stereocenters. The van der Waals surface area contributed by atoms with Crippen LogP contribution in [0.15, 0.2) is 0 Å². The highest BCUT2D eigenvalue weighted by molar-refractivity contribution is 7.72. The summed E-state index contributed by atoms with van der Waals surface area (Å²) in [5.41, 5.74) is -1.12. The average Bonchev–Trinajstić information content (AvgIpc) is 2.29. The van der Waals surface area contributed by atoms with Crippen LogP contribution in [0.4, 0.5) is 0 Å². The Morgan fingerprint density at radius 3 is 2.31 bits per heavy atom. The van der Waals surface area contributed by atoms with Gasteiger partial charge >= 0.3 is 7.60 Å². The van der Waals surface area contributed by atoms with Crippen molar-refractivity contribution < 1.29 is 18.4 Å². The van der Waals surface area contributed by atoms with Gasteiger partial charge < -0.3 is 4.52 Å². The Morgan fingerprint density at radius 1 is 1.46 bits per heavy atom. The summed E-state index contributed by atoms with van der Waals surface area (Å²) in [6.07, 6.45) is -0.253. The molecule has 0 bridgehead atoms. The maximum atomic E-state index is 11.8. The van der Waals surface area contributed by atoms with Gasteiger partial charge in [-0.25, -0.2) is 0 Å². The van der Waals surface area contributed by atoms with Gasteiger partial charge in [-0.3, -0.25) is 13.9 Å². The highest BCUT2D eigenvalue weighted by Crippen LogP contribution is 2.58. The summed E-state index contributed by atoms with van der Waals surface area (Å²) < 4.78 is 21.7. The van der Waals surface area contributed by atoms with Crippen molar-refractivity contribution >= 4 is 13.1 Å². The van der Waals surface area contributed by atoms with Crippen LogP contribution in [0.2, 0.25) is 0 Å². The Balaban J connectivity index is 2.84. The molecule has 0 saturated carbocycles. The minimum atomic E-state index is -3.48. The summed E-state index contributed by atoms with van der Waals surface area (Å²) >= 11 is 0. The predicted octanol–water partition coefficient (Wildman–Crippen LogP) is 2.19. The highest BCUT2D eigenvalue weighted by Gasteiger charge is 2.47. The zero-order valence-corrected chi connectivity index (χ0v) is 9.26. The van der Waals surface area contributed by atoms with Crippen molar-refractivity contribution in [3.05, 3.63) is 0 Å². The van der Waals surface area contributed by atoms with Crippen LogP contribution in [0.5, 0.6) is 0 Å². The molecule has 0 N–H and O–H groups in total. The lowest BCUT2D eigenvalue weighted by Gasteiger charge is -2.19. The second-order valence-electron chi connectivity index (χ2n) is 4.26. The van der Waals surface area contributed by atoms with E-state index in [1.807, 2.05) is 0 Å². The normalized spacial score (nSPS) is 34.9. The Bertz CT molecular complexity index is 266. The predicted molar refractivity (Wildman–Crippen MR) is 48.6 cm³/mol. The minimum Gasteiger partial charge on any atom is -0.300 e. The Kier molecular flexibility index (Phi) is 2.68. The van der Waals surface area contributed by atoms with E-state index in [1.54, 1.807) is 27.7 Å². The molecule has 0 amide bonds. The number of hydrogen-bond donors (Lipinski definition) is 0. The molecule has 0 aromatic heterocycles. The van der Waals surface area contributed by atoms with Gasteiger partial charge in [0.05, 0.1) is 12.7 Å². The molecule has 1 heterocycles. The molecule has 0 spiro atoms. The van der Waals surface area contributed by atoms with E-state index in [4.69, 9.17) is 9.05 Å². The van der Waals surface area contributed by atoms with Crippen LogP contribution in [-0.4, -0.2) is 18.2 Å². The van der Waals surface area contributed by atoms with E-state index in [9.17, 15) is 9.36 Å². The molecule has 0 radical (unpaired) electrons. The molecule has 76 valence electrons. The molecule has 2 atom stereocenters. The van der Waals surface area contributed by atoms with E-state index in [-0.39, 0.29) is 12.7 Å². The Morgan fingerprint density at radius 2 is 2.00 bits per heavy atom. The first-order chi connectivity index (χ1) is 5.76. The maximum absolute atomic E-state index is 11.8. The van der Waals surface area contributed by atoms with Gasteiger partial charge in [0, 0.05) is 5.41 Å². The second-order valence-corrected chi connectivity index (χ2v) is 6.13. The fourth-order valence-electron chi connectivity index (χ4n) is 1.02. The zero-order chi connectivity index (χ0) is 10.3. The van der Waals surface area contributed by atoms with Gasteiger partial charge in [-0.1, -0.05) is 20.8 Å². The fourth-order valence-corrected chi connectivity index (χ4v) is 3.05. The minimum absolute atomic E-state index is 0.235. The van der Waals surface area contributed by atoms with Gasteiger partial charge in [-0.05, 0) is 6.92 Å². The van der Waals surface area contributed by atoms with Crippen LogP contribution >= 0.6 is 7.60 Å². The summed E-state index contributed by atoms with van der Waals surface area (Å²) in [5.74, 6) is 0. The molecule has 1 aliphatic heterocycles. The number of carbonyl (C=O) groups excluding carboxylic acids is 1. The van der Waals surface area contributed by atoms with Crippen molar-refractivity contribution in [1.82, 2.24) is 0 Å². The van der Waals surface area contributed by atoms with Gasteiger partial charge in [-0.2, -0.15) is 0 Å². The molecule has 5 heteroatoms. The molecular weight excluding hydrogens is 191 g/mol. The van der Waals surface area contributed by atoms with Crippen LogP contribution in [-0.2, 0) is 18.4 Å². The monoisotopic (exact) mass is 206 g/mol. The lowest BCUT2D eigenvalue weighted by atomic mass is 10.00. The molecule has 4 nitrogen and oxygen atoms in total. The lowest BCUT2D eigenvalue weighted by molar-refractivity contribution is -0.120. The van der Waals surface area contributed by atoms with Crippen molar-refractivity contribution in [3.63, 3.8) is 0 Å². The standard InChI is InChI=1S/C8H15O4P/c1-6-5-11-13(10,12-6)7(9)8(2,3)4/h6H,5H2,1-4H3. The van der Waals surface area contributed by atoms with E-state index in [0.29, 0.717) is 0 Å². The number of carbonyl (C=O) groups is 1. The van der Waals surface area contributed by atoms with Crippen LogP contribution in [0.1, 0.15) is 27.7 Å². The second kappa shape index (κ2) is 3.19. The summed E-state index contributed by atoms with van der Waals surface area (Å²) in [6, 6.07) is 0. The van der Waals surface area contributed by atoms with Gasteiger partial charge in [-0.15, -0.1) is 0 Å². The molecule has 1 fully saturated rings. The van der Waals surface area contributed by atoms with Gasteiger partial charge in [0.1, 0.15) is 0 Å². The van der Waals surface area contributed by atoms with Gasteiger partial charge in [0.25, 0.3) is 0 Å². The van der Waals surface area contributed by atoms with E-state index >= 15 is 0 Å². The van der Waals surface area contributed by atoms with Crippen molar-refractivity contribution in [1.29, 1.82) is 0 Å². The largest absolute Gasteiger partial charge is 0.397 e. The summed E-state index contributed by atoms with van der Waals surface area (Å²) in [7, 11) is -3.48. The van der Waals surface area contributed by atoms with Gasteiger partial charge in [0.15, 0.2) is 0 Å². The molecule has 1 saturated heterocycles. The third-order valence-electron chi connectivity index (χ3n) is 1.69. The van der Waals surface area contributed by atoms with E-state index in [1.165, 1.54) is 0 Å². The molecule has 13 heavy (non-hydrogen) atoms. The summed E-state index contributed by atoms with van der Waals surface area (Å²) in [5, 5.41) is 0. The van der Waals surface area contributed by atoms with Crippen molar-refractivity contribution in [2.45, 2.75) is 33.8 Å². The maximum Gasteiger partial charge on any atom is 0.397 e. The first-order valence-corrected chi connectivity index (χ1v) is 5.78. The van der Waals surface area contributed by atoms with Crippen molar-refractivity contribution in [2.24, 2.45) is 5.41 Å². The zero-order valence-electron chi connectivity index (χ0n) is 8.36. The third kappa shape index (κ3) is 2.19. The molecule has 1 aliphatic rings. The molecule has 0 aliphatic carbocycles. The van der Waals surface area contributed by atoms with E-state index < -0.39 is 18.5 Å². The fraction of sp³-hybridized carbons (Fsp3) is 0.875. The quantitative estimate of drug-likeness (QED) is 0.617. The Hall–Kier alpha value is -0.180. The van der Waals surface area contributed by atoms with Crippen LogP contribution < -0.4 is 0 Å². The van der Waals surface area contributed by atoms with Crippen molar-refractivity contribution in [2.75, 3.05) is 6.61 Å². The van der Waals surface area contributed by atoms with Crippen LogP contribution in [0.3, 0.4) is 0 Å². The third-order valence-corrected chi connectivity index (χ3v) is 3.98. The lowest BCUT2D eigenvalue weighted by Crippen LogP contribution is -2.20. The van der Waals surface area contributed by atoms with Crippen LogP contribution in [0.25, 0.3) is 0 Å². The Labute approximate surface area is 78.1 Å². The van der Waals surface area contributed by atoms with E-state index in [0.717, 1.165) is 0 Å². The first kappa shape index (κ1) is 10.9. The average molecular weight is 206 g/mol. The topological polar surface area (TPSA) is 52.6 Å². The molecule has 0 aromatic carbocycles. The summed E-state index contributed by atoms with van der Waals surface area (Å²) in [6.45, 7) is 7.06. The summed E-state index contributed by atoms with van der Waals surface area (Å²) in [4.78, 5) is 11.6. The number of rotatable bonds is 1. The van der Waals surface area contributed by atoms with Crippen molar-refractivity contribution in [3.8, 4) is 0 Å². The molecular formula is C8H15O4P. The smallest absolute Gasteiger partial charge is 0.300 e. The molecule has 1 rings (SSSR count). The first-order valence-electron chi connectivity index (χ1n) is 4.24. The number of hydrogen-bond acceptors (Lipinski definition) is 4. The molecule has 0 aromatic rings. The van der Waals surface area contributed by atoms with Gasteiger partial charge in [0.2, 0.25) is 5.52 Å². The SMILES string of the molecule is CC1COP(=O)(C(=O)C(C)(C)C)O1. The highest BCUT2D eigenvalue weighted by atomic mass is 31.2. The van der Waals surface area contributed by atoms with Crippen LogP contribution in [0, 0.1) is 5.41 Å². The van der Waals surface area contributed by atoms with E-state index in [2.05, 4.69) is 0 Å².